The molecule has 3 saturated heterocycles. The van der Waals surface area contributed by atoms with Crippen LogP contribution in [0.5, 0.6) is 0 Å². The fourth-order valence-electron chi connectivity index (χ4n) is 9.56. The van der Waals surface area contributed by atoms with Crippen LogP contribution < -0.4 is 21.3 Å². The van der Waals surface area contributed by atoms with Crippen LogP contribution in [0.25, 0.3) is 0 Å². The lowest BCUT2D eigenvalue weighted by Crippen LogP contribution is -2.63. The number of carboxylic acids is 3. The predicted molar refractivity (Wildman–Crippen MR) is 238 cm³/mol. The summed E-state index contributed by atoms with van der Waals surface area (Å²) in [6, 6.07) is 7.96. The van der Waals surface area contributed by atoms with Crippen LogP contribution in [0.15, 0.2) is 69.9 Å². The monoisotopic (exact) mass is 950 g/mol. The molecule has 66 heavy (non-hydrogen) atoms. The van der Waals surface area contributed by atoms with E-state index in [-0.39, 0.29) is 59.5 Å². The van der Waals surface area contributed by atoms with Gasteiger partial charge in [0.2, 0.25) is 29.5 Å². The van der Waals surface area contributed by atoms with Crippen molar-refractivity contribution in [2.45, 2.75) is 87.4 Å². The number of aliphatic hydroxyl groups is 2. The number of carbonyl (C=O) groups excluding carboxylic acids is 5. The Morgan fingerprint density at radius 1 is 0.833 bits per heavy atom. The largest absolute Gasteiger partial charge is 0.478 e. The van der Waals surface area contributed by atoms with Gasteiger partial charge in [0, 0.05) is 57.7 Å². The SMILES string of the molecule is C[C@@H](O)[C@@H](C(=O)N1C[C@@H](SC2=C(OC=O)N3C(=O)[C@H]([C@@H](C)O)[C@H]3[C@H]2C)C[C@H]1C(=O)Nc1cccc(C(=O)O)c1)[C@@H]1NC(C(=O)O)=C(S[C@@H]2CN[C@H](C(=O)Nc3cccc(C(=O)O)c3)C2)[C@@H]1C. The highest BCUT2D eigenvalue weighted by molar-refractivity contribution is 8.04. The zero-order valence-electron chi connectivity index (χ0n) is 36.1. The number of nitrogens with zero attached hydrogens (tertiary/aromatic N) is 2. The number of nitrogens with one attached hydrogen (secondary N) is 4. The van der Waals surface area contributed by atoms with Crippen molar-refractivity contribution in [3.05, 3.63) is 81.0 Å². The Kier molecular flexibility index (Phi) is 14.2. The van der Waals surface area contributed by atoms with Gasteiger partial charge in [-0.05, 0) is 63.1 Å². The van der Waals surface area contributed by atoms with Gasteiger partial charge in [-0.3, -0.25) is 28.9 Å². The molecule has 12 atom stereocenters. The number of ether oxygens (including phenoxy) is 1. The Morgan fingerprint density at radius 2 is 1.44 bits per heavy atom. The minimum absolute atomic E-state index is 0.00222. The molecule has 0 aromatic heterocycles. The molecule has 5 aliphatic heterocycles. The summed E-state index contributed by atoms with van der Waals surface area (Å²) in [5.41, 5.74) is 0.159. The van der Waals surface area contributed by atoms with E-state index in [2.05, 4.69) is 21.3 Å². The lowest BCUT2D eigenvalue weighted by Gasteiger charge is -2.45. The Bertz CT molecular complexity index is 2410. The van der Waals surface area contributed by atoms with E-state index in [1.165, 1.54) is 89.6 Å². The normalized spacial score (nSPS) is 28.2. The first-order valence-corrected chi connectivity index (χ1v) is 23.0. The third-order valence-electron chi connectivity index (χ3n) is 12.7. The highest BCUT2D eigenvalue weighted by Gasteiger charge is 2.60. The molecule has 3 fully saturated rings. The summed E-state index contributed by atoms with van der Waals surface area (Å²) < 4.78 is 5.33. The number of amides is 4. The minimum atomic E-state index is -1.38. The zero-order chi connectivity index (χ0) is 47.9. The average molecular weight is 951 g/mol. The fourth-order valence-corrected chi connectivity index (χ4v) is 12.5. The molecule has 7 rings (SSSR count). The number of thioether (sulfide) groups is 2. The van der Waals surface area contributed by atoms with E-state index < -0.39 is 107 Å². The van der Waals surface area contributed by atoms with Crippen molar-refractivity contribution in [2.75, 3.05) is 23.7 Å². The highest BCUT2D eigenvalue weighted by Crippen LogP contribution is 2.53. The topological polar surface area (TPSA) is 302 Å². The van der Waals surface area contributed by atoms with Gasteiger partial charge >= 0.3 is 17.9 Å². The maximum Gasteiger partial charge on any atom is 0.352 e. The van der Waals surface area contributed by atoms with Crippen molar-refractivity contribution in [1.82, 2.24) is 20.4 Å². The van der Waals surface area contributed by atoms with Crippen LogP contribution in [0.1, 0.15) is 61.3 Å². The van der Waals surface area contributed by atoms with Crippen LogP contribution in [-0.4, -0.2) is 143 Å². The van der Waals surface area contributed by atoms with Crippen molar-refractivity contribution in [2.24, 2.45) is 23.7 Å². The predicted octanol–water partition coefficient (Wildman–Crippen LogP) is 1.93. The number of rotatable bonds is 17. The molecular weight excluding hydrogens is 901 g/mol. The van der Waals surface area contributed by atoms with Crippen LogP contribution in [-0.2, 0) is 33.5 Å². The molecule has 0 aliphatic carbocycles. The number of hydrogen-bond donors (Lipinski definition) is 9. The molecule has 9 N–H and O–H groups in total. The zero-order valence-corrected chi connectivity index (χ0v) is 37.7. The van der Waals surface area contributed by atoms with E-state index in [0.717, 1.165) is 0 Å². The van der Waals surface area contributed by atoms with Crippen LogP contribution >= 0.6 is 23.5 Å². The molecule has 0 spiro atoms. The molecule has 5 aliphatic rings. The van der Waals surface area contributed by atoms with Gasteiger partial charge in [-0.25, -0.2) is 14.4 Å². The molecule has 352 valence electrons. The van der Waals surface area contributed by atoms with Crippen molar-refractivity contribution in [3.8, 4) is 0 Å². The van der Waals surface area contributed by atoms with Crippen molar-refractivity contribution in [1.29, 1.82) is 0 Å². The number of hydrogen-bond acceptors (Lipinski definition) is 15. The van der Waals surface area contributed by atoms with Crippen LogP contribution in [0.4, 0.5) is 11.4 Å². The highest BCUT2D eigenvalue weighted by atomic mass is 32.2. The van der Waals surface area contributed by atoms with Gasteiger partial charge in [-0.2, -0.15) is 0 Å². The van der Waals surface area contributed by atoms with Gasteiger partial charge in [0.25, 0.3) is 6.47 Å². The van der Waals surface area contributed by atoms with Gasteiger partial charge in [0.15, 0.2) is 0 Å². The van der Waals surface area contributed by atoms with E-state index in [1.54, 1.807) is 13.0 Å². The van der Waals surface area contributed by atoms with Crippen LogP contribution in [0.3, 0.4) is 0 Å². The summed E-state index contributed by atoms with van der Waals surface area (Å²) >= 11 is 2.44. The Labute approximate surface area is 386 Å². The fraction of sp³-hybridized carbons (Fsp3) is 0.455. The standard InChI is InChI=1S/C44H50N6O14S2/c1-18-32(48-33(44(62)63)35(18)65-26-13-28(45-15-26)37(54)46-24-9-5-7-22(11-24)42(58)59)30(20(3)52)39(56)49-16-27(14-29(49)38(55)47-25-10-6-8-23(12-25)43(60)61)66-36-19(2)34-31(21(4)53)40(57)50(34)41(36)64-17-51/h5-12,17-21,26-32,34,45,48,52-53H,13-16H2,1-4H3,(H,46,54)(H,47,55)(H,58,59)(H,60,61)(H,62,63)/t18-,19-,20-,21-,26+,27+,28+,29+,30-,31-,32-,34-/m1/s1. The first-order valence-electron chi connectivity index (χ1n) is 21.2. The van der Waals surface area contributed by atoms with Gasteiger partial charge in [-0.15, -0.1) is 23.5 Å². The minimum Gasteiger partial charge on any atom is -0.478 e. The summed E-state index contributed by atoms with van der Waals surface area (Å²) in [6.45, 7) is 6.85. The summed E-state index contributed by atoms with van der Waals surface area (Å²) in [4.78, 5) is 107. The van der Waals surface area contributed by atoms with Crippen molar-refractivity contribution < 1.29 is 68.6 Å². The lowest BCUT2D eigenvalue weighted by atomic mass is 9.79. The number of carbonyl (C=O) groups is 8. The smallest absolute Gasteiger partial charge is 0.352 e. The number of anilines is 2. The van der Waals surface area contributed by atoms with Crippen LogP contribution in [0, 0.1) is 23.7 Å². The number of aromatic carboxylic acids is 2. The molecule has 22 heteroatoms. The second kappa shape index (κ2) is 19.5. The second-order valence-corrected chi connectivity index (χ2v) is 19.8. The Hall–Kier alpha value is -5.94. The number of benzene rings is 2. The van der Waals surface area contributed by atoms with Crippen LogP contribution in [0.2, 0.25) is 0 Å². The van der Waals surface area contributed by atoms with Gasteiger partial charge in [0.05, 0.1) is 52.2 Å². The molecule has 2 aromatic carbocycles. The van der Waals surface area contributed by atoms with E-state index in [0.29, 0.717) is 22.0 Å². The number of aliphatic hydroxyl groups excluding tert-OH is 2. The summed E-state index contributed by atoms with van der Waals surface area (Å²) in [5, 5.41) is 61.8. The quantitative estimate of drug-likeness (QED) is 0.0808. The third-order valence-corrected chi connectivity index (χ3v) is 15.7. The van der Waals surface area contributed by atoms with Crippen molar-refractivity contribution in [3.63, 3.8) is 0 Å². The number of carboxylic acid groups (broad SMARTS) is 3. The second-order valence-electron chi connectivity index (χ2n) is 17.1. The molecule has 0 unspecified atom stereocenters. The molecule has 0 bridgehead atoms. The Balaban J connectivity index is 1.11. The third kappa shape index (κ3) is 9.37. The van der Waals surface area contributed by atoms with Crippen molar-refractivity contribution >= 4 is 82.9 Å². The molecular formula is C44H50N6O14S2. The molecule has 5 heterocycles. The molecule has 4 amide bonds. The first kappa shape index (κ1) is 48.0. The summed E-state index contributed by atoms with van der Waals surface area (Å²) in [7, 11) is 0. The molecule has 20 nitrogen and oxygen atoms in total. The first-order chi connectivity index (χ1) is 31.3. The lowest BCUT2D eigenvalue weighted by molar-refractivity contribution is -0.164. The van der Waals surface area contributed by atoms with Gasteiger partial charge in [0.1, 0.15) is 11.7 Å². The van der Waals surface area contributed by atoms with E-state index in [4.69, 9.17) is 4.74 Å². The summed E-state index contributed by atoms with van der Waals surface area (Å²) in [5.74, 6) is -8.99. The number of fused-ring (bicyclic) bond motifs is 1. The molecule has 0 radical (unpaired) electrons. The van der Waals surface area contributed by atoms with E-state index in [9.17, 15) is 59.1 Å². The summed E-state index contributed by atoms with van der Waals surface area (Å²) in [6.07, 6.45) is -2.05. The number of β-lactam (4-membered cyclic amide) rings is 1. The van der Waals surface area contributed by atoms with Gasteiger partial charge in [-0.1, -0.05) is 26.0 Å². The maximum atomic E-state index is 15.0. The molecule has 2 aromatic rings. The molecule has 0 saturated carbocycles. The number of aliphatic carboxylic acids is 1. The van der Waals surface area contributed by atoms with E-state index in [1.807, 2.05) is 6.92 Å². The number of likely N-dealkylation sites (tertiary alicyclic amines) is 1. The van der Waals surface area contributed by atoms with Gasteiger partial charge < -0.3 is 56.4 Å². The van der Waals surface area contributed by atoms with E-state index >= 15 is 4.79 Å². The maximum absolute atomic E-state index is 15.0. The Morgan fingerprint density at radius 3 is 2.00 bits per heavy atom. The average Bonchev–Trinajstić information content (AvgIpc) is 4.03.